The average molecular weight is 322 g/mol. The van der Waals surface area contributed by atoms with Gasteiger partial charge in [0, 0.05) is 13.0 Å². The minimum atomic E-state index is -0.893. The van der Waals surface area contributed by atoms with Crippen LogP contribution in [0, 0.1) is 22.7 Å². The van der Waals surface area contributed by atoms with Gasteiger partial charge >= 0.3 is 0 Å². The van der Waals surface area contributed by atoms with Crippen LogP contribution in [0.5, 0.6) is 0 Å². The SMILES string of the molecule is C=CC(C)=CC[C@@H]1[C@@]2(C)CCCC(C)(CO)[C@@H]2C(O)C[C@@]1(C)O. The highest BCUT2D eigenvalue weighted by atomic mass is 16.3. The van der Waals surface area contributed by atoms with Gasteiger partial charge in [0.1, 0.15) is 0 Å². The van der Waals surface area contributed by atoms with E-state index in [2.05, 4.69) is 26.5 Å². The molecule has 2 unspecified atom stereocenters. The van der Waals surface area contributed by atoms with Crippen LogP contribution in [-0.4, -0.2) is 33.6 Å². The van der Waals surface area contributed by atoms with E-state index in [4.69, 9.17) is 0 Å². The van der Waals surface area contributed by atoms with E-state index in [0.29, 0.717) is 6.42 Å². The first-order valence-electron chi connectivity index (χ1n) is 8.91. The maximum Gasteiger partial charge on any atom is 0.0680 e. The Morgan fingerprint density at radius 1 is 1.26 bits per heavy atom. The first kappa shape index (κ1) is 18.7. The predicted molar refractivity (Wildman–Crippen MR) is 93.9 cm³/mol. The molecule has 23 heavy (non-hydrogen) atoms. The molecule has 2 saturated carbocycles. The summed E-state index contributed by atoms with van der Waals surface area (Å²) in [4.78, 5) is 0. The van der Waals surface area contributed by atoms with Crippen molar-refractivity contribution in [3.8, 4) is 0 Å². The van der Waals surface area contributed by atoms with Crippen molar-refractivity contribution >= 4 is 0 Å². The maximum atomic E-state index is 11.1. The molecule has 0 amide bonds. The fourth-order valence-corrected chi connectivity index (χ4v) is 5.76. The predicted octanol–water partition coefficient (Wildman–Crippen LogP) is 3.45. The Balaban J connectivity index is 2.44. The molecule has 0 spiro atoms. The highest BCUT2D eigenvalue weighted by molar-refractivity contribution is 5.17. The fraction of sp³-hybridized carbons (Fsp3) is 0.800. The molecule has 2 aliphatic carbocycles. The lowest BCUT2D eigenvalue weighted by molar-refractivity contribution is -0.221. The van der Waals surface area contributed by atoms with Crippen LogP contribution in [0.4, 0.5) is 0 Å². The number of hydrogen-bond donors (Lipinski definition) is 3. The standard InChI is InChI=1S/C20H34O3/c1-6-14(2)8-9-16-19(4)11-7-10-18(3,13-21)17(19)15(22)12-20(16,5)23/h6,8,15-17,21-23H,1,7,9-13H2,2-5H3/t15?,16-,17+,18?,19-,20-/m1/s1. The lowest BCUT2D eigenvalue weighted by Gasteiger charge is -2.63. The van der Waals surface area contributed by atoms with Gasteiger partial charge in [-0.25, -0.2) is 0 Å². The summed E-state index contributed by atoms with van der Waals surface area (Å²) >= 11 is 0. The number of aliphatic hydroxyl groups excluding tert-OH is 2. The Morgan fingerprint density at radius 3 is 2.48 bits per heavy atom. The first-order chi connectivity index (χ1) is 10.6. The molecule has 2 fully saturated rings. The summed E-state index contributed by atoms with van der Waals surface area (Å²) in [5.41, 5.74) is -0.211. The van der Waals surface area contributed by atoms with Gasteiger partial charge in [-0.15, -0.1) is 0 Å². The highest BCUT2D eigenvalue weighted by Gasteiger charge is 2.61. The zero-order valence-corrected chi connectivity index (χ0v) is 15.2. The Labute approximate surface area is 141 Å². The number of fused-ring (bicyclic) bond motifs is 1. The van der Waals surface area contributed by atoms with Crippen LogP contribution < -0.4 is 0 Å². The van der Waals surface area contributed by atoms with E-state index in [1.807, 2.05) is 19.9 Å². The van der Waals surface area contributed by atoms with Crippen molar-refractivity contribution in [2.24, 2.45) is 22.7 Å². The minimum Gasteiger partial charge on any atom is -0.396 e. The van der Waals surface area contributed by atoms with Gasteiger partial charge in [-0.1, -0.05) is 44.6 Å². The van der Waals surface area contributed by atoms with Crippen LogP contribution in [0.2, 0.25) is 0 Å². The largest absolute Gasteiger partial charge is 0.396 e. The summed E-state index contributed by atoms with van der Waals surface area (Å²) in [6.45, 7) is 12.1. The second-order valence-corrected chi connectivity index (χ2v) is 8.72. The van der Waals surface area contributed by atoms with Gasteiger partial charge in [0.05, 0.1) is 11.7 Å². The second-order valence-electron chi connectivity index (χ2n) is 8.72. The zero-order valence-electron chi connectivity index (χ0n) is 15.2. The zero-order chi connectivity index (χ0) is 17.5. The van der Waals surface area contributed by atoms with Crippen molar-refractivity contribution in [3.05, 3.63) is 24.3 Å². The molecule has 0 radical (unpaired) electrons. The summed E-state index contributed by atoms with van der Waals surface area (Å²) in [6, 6.07) is 0. The number of hydrogen-bond acceptors (Lipinski definition) is 3. The first-order valence-corrected chi connectivity index (χ1v) is 8.91. The monoisotopic (exact) mass is 322 g/mol. The Kier molecular flexibility index (Phi) is 5.16. The molecule has 132 valence electrons. The molecule has 3 N–H and O–H groups in total. The van der Waals surface area contributed by atoms with Gasteiger partial charge in [-0.2, -0.15) is 0 Å². The van der Waals surface area contributed by atoms with Crippen molar-refractivity contribution in [1.82, 2.24) is 0 Å². The molecule has 0 heterocycles. The van der Waals surface area contributed by atoms with Crippen LogP contribution in [0.3, 0.4) is 0 Å². The van der Waals surface area contributed by atoms with Crippen LogP contribution in [-0.2, 0) is 0 Å². The Morgan fingerprint density at radius 2 is 1.91 bits per heavy atom. The van der Waals surface area contributed by atoms with Crippen molar-refractivity contribution in [3.63, 3.8) is 0 Å². The smallest absolute Gasteiger partial charge is 0.0680 e. The minimum absolute atomic E-state index is 0.0245. The molecule has 3 heteroatoms. The molecule has 0 aromatic carbocycles. The second kappa shape index (κ2) is 6.34. The lowest BCUT2D eigenvalue weighted by atomic mass is 9.44. The van der Waals surface area contributed by atoms with Crippen LogP contribution >= 0.6 is 0 Å². The quantitative estimate of drug-likeness (QED) is 0.695. The molecular formula is C20H34O3. The van der Waals surface area contributed by atoms with E-state index in [1.54, 1.807) is 0 Å². The van der Waals surface area contributed by atoms with E-state index < -0.39 is 11.7 Å². The van der Waals surface area contributed by atoms with Gasteiger partial charge in [-0.05, 0) is 55.8 Å². The third-order valence-corrected chi connectivity index (χ3v) is 6.84. The Hall–Kier alpha value is -0.640. The van der Waals surface area contributed by atoms with E-state index >= 15 is 0 Å². The van der Waals surface area contributed by atoms with E-state index in [1.165, 1.54) is 0 Å². The molecule has 0 aromatic rings. The van der Waals surface area contributed by atoms with Gasteiger partial charge in [0.25, 0.3) is 0 Å². The molecule has 2 aliphatic rings. The summed E-state index contributed by atoms with van der Waals surface area (Å²) in [5.74, 6) is 0.0980. The van der Waals surface area contributed by atoms with Crippen LogP contribution in [0.15, 0.2) is 24.3 Å². The molecule has 0 aliphatic heterocycles. The molecular weight excluding hydrogens is 288 g/mol. The molecule has 0 bridgehead atoms. The van der Waals surface area contributed by atoms with Gasteiger partial charge < -0.3 is 15.3 Å². The molecule has 0 aromatic heterocycles. The number of allylic oxidation sites excluding steroid dienone is 3. The van der Waals surface area contributed by atoms with E-state index in [9.17, 15) is 15.3 Å². The maximum absolute atomic E-state index is 11.1. The average Bonchev–Trinajstić information content (AvgIpc) is 2.44. The molecule has 0 saturated heterocycles. The normalized spacial score (nSPS) is 48.0. The van der Waals surface area contributed by atoms with Crippen molar-refractivity contribution in [2.75, 3.05) is 6.61 Å². The van der Waals surface area contributed by atoms with Crippen molar-refractivity contribution in [1.29, 1.82) is 0 Å². The van der Waals surface area contributed by atoms with Gasteiger partial charge in [-0.3, -0.25) is 0 Å². The molecule has 3 nitrogen and oxygen atoms in total. The third-order valence-electron chi connectivity index (χ3n) is 6.84. The third kappa shape index (κ3) is 3.16. The topological polar surface area (TPSA) is 60.7 Å². The van der Waals surface area contributed by atoms with Crippen molar-refractivity contribution in [2.45, 2.75) is 71.5 Å². The Bertz CT molecular complexity index is 481. The summed E-state index contributed by atoms with van der Waals surface area (Å²) < 4.78 is 0. The summed E-state index contributed by atoms with van der Waals surface area (Å²) in [7, 11) is 0. The van der Waals surface area contributed by atoms with E-state index in [0.717, 1.165) is 31.3 Å². The summed E-state index contributed by atoms with van der Waals surface area (Å²) in [6.07, 6.45) is 7.56. The van der Waals surface area contributed by atoms with Gasteiger partial charge in [0.15, 0.2) is 0 Å². The highest BCUT2D eigenvalue weighted by Crippen LogP contribution is 2.62. The van der Waals surface area contributed by atoms with Gasteiger partial charge in [0.2, 0.25) is 0 Å². The lowest BCUT2D eigenvalue weighted by Crippen LogP contribution is -2.63. The fourth-order valence-electron chi connectivity index (χ4n) is 5.76. The molecule has 6 atom stereocenters. The summed E-state index contributed by atoms with van der Waals surface area (Å²) in [5, 5.41) is 31.9. The van der Waals surface area contributed by atoms with Crippen LogP contribution in [0.25, 0.3) is 0 Å². The van der Waals surface area contributed by atoms with Crippen molar-refractivity contribution < 1.29 is 15.3 Å². The number of aliphatic hydroxyl groups is 3. The van der Waals surface area contributed by atoms with Crippen LogP contribution in [0.1, 0.15) is 59.8 Å². The number of rotatable bonds is 4. The molecule has 2 rings (SSSR count). The van der Waals surface area contributed by atoms with E-state index in [-0.39, 0.29) is 29.3 Å².